The van der Waals surface area contributed by atoms with E-state index in [9.17, 15) is 26.3 Å². The zero-order valence-corrected chi connectivity index (χ0v) is 12.0. The number of unbranched alkanes of at least 4 members (excludes halogenated alkanes) is 6. The minimum Gasteiger partial charge on any atom is -0.243 e. The predicted octanol–water partition coefficient (Wildman–Crippen LogP) is 6.49. The minimum atomic E-state index is -3.93. The Morgan fingerprint density at radius 3 is 1.71 bits per heavy atom. The summed E-state index contributed by atoms with van der Waals surface area (Å²) in [6, 6.07) is 0. The van der Waals surface area contributed by atoms with E-state index < -0.39 is 41.6 Å². The van der Waals surface area contributed by atoms with Crippen LogP contribution in [-0.2, 0) is 0 Å². The summed E-state index contributed by atoms with van der Waals surface area (Å²) in [6.07, 6.45) is 2.69. The van der Waals surface area contributed by atoms with Crippen LogP contribution in [0.25, 0.3) is 0 Å². The smallest absolute Gasteiger partial charge is 0.243 e. The van der Waals surface area contributed by atoms with Gasteiger partial charge in [-0.2, -0.15) is 0 Å². The average Bonchev–Trinajstić information content (AvgIpc) is 2.62. The van der Waals surface area contributed by atoms with E-state index in [1.807, 2.05) is 0 Å². The van der Waals surface area contributed by atoms with Gasteiger partial charge in [-0.05, 0) is 6.42 Å². The van der Waals surface area contributed by atoms with Gasteiger partial charge >= 0.3 is 0 Å². The molecule has 0 spiro atoms. The van der Waals surface area contributed by atoms with Gasteiger partial charge < -0.3 is 0 Å². The maximum atomic E-state index is 13.9. The SMILES string of the molecule is CCCCCCCCCC(F)C1(F)C(F)=C(F)C(F)=C1F. The first-order valence-electron chi connectivity index (χ1n) is 7.32. The van der Waals surface area contributed by atoms with Crippen LogP contribution in [0.2, 0.25) is 0 Å². The van der Waals surface area contributed by atoms with Gasteiger partial charge in [0, 0.05) is 0 Å². The molecule has 0 aromatic carbocycles. The highest BCUT2D eigenvalue weighted by Gasteiger charge is 2.57. The zero-order valence-electron chi connectivity index (χ0n) is 12.0. The van der Waals surface area contributed by atoms with Gasteiger partial charge in [0.1, 0.15) is 6.17 Å². The second kappa shape index (κ2) is 7.90. The number of hydrogen-bond acceptors (Lipinski definition) is 0. The zero-order chi connectivity index (χ0) is 16.0. The lowest BCUT2D eigenvalue weighted by atomic mass is 9.94. The van der Waals surface area contributed by atoms with Crippen molar-refractivity contribution in [1.29, 1.82) is 0 Å². The van der Waals surface area contributed by atoms with E-state index in [0.717, 1.165) is 32.1 Å². The van der Waals surface area contributed by atoms with Crippen molar-refractivity contribution >= 4 is 0 Å². The largest absolute Gasteiger partial charge is 0.249 e. The van der Waals surface area contributed by atoms with Crippen molar-refractivity contribution in [1.82, 2.24) is 0 Å². The monoisotopic (exact) mass is 314 g/mol. The van der Waals surface area contributed by atoms with Gasteiger partial charge in [0.05, 0.1) is 0 Å². The van der Waals surface area contributed by atoms with Crippen LogP contribution >= 0.6 is 0 Å². The topological polar surface area (TPSA) is 0 Å². The molecule has 0 bridgehead atoms. The molecule has 0 amide bonds. The van der Waals surface area contributed by atoms with Crippen LogP contribution in [0.3, 0.4) is 0 Å². The van der Waals surface area contributed by atoms with E-state index in [2.05, 4.69) is 6.92 Å². The molecule has 0 radical (unpaired) electrons. The summed E-state index contributed by atoms with van der Waals surface area (Å²) >= 11 is 0. The fraction of sp³-hybridized carbons (Fsp3) is 0.733. The van der Waals surface area contributed by atoms with Gasteiger partial charge in [0.2, 0.25) is 5.67 Å². The van der Waals surface area contributed by atoms with Gasteiger partial charge in [-0.25, -0.2) is 26.3 Å². The third-order valence-corrected chi connectivity index (χ3v) is 3.71. The van der Waals surface area contributed by atoms with E-state index in [1.54, 1.807) is 0 Å². The molecular weight excluding hydrogens is 294 g/mol. The van der Waals surface area contributed by atoms with Crippen molar-refractivity contribution in [3.05, 3.63) is 23.3 Å². The molecule has 122 valence electrons. The summed E-state index contributed by atoms with van der Waals surface area (Å²) < 4.78 is 79.7. The highest BCUT2D eigenvalue weighted by Crippen LogP contribution is 2.49. The molecule has 0 saturated heterocycles. The Morgan fingerprint density at radius 2 is 1.24 bits per heavy atom. The molecule has 1 rings (SSSR count). The molecule has 1 aliphatic rings. The van der Waals surface area contributed by atoms with Gasteiger partial charge in [-0.1, -0.05) is 51.9 Å². The molecule has 0 nitrogen and oxygen atoms in total. The Balaban J connectivity index is 2.44. The van der Waals surface area contributed by atoms with E-state index >= 15 is 0 Å². The van der Waals surface area contributed by atoms with Crippen molar-refractivity contribution < 1.29 is 26.3 Å². The maximum Gasteiger partial charge on any atom is 0.249 e. The second-order valence-corrected chi connectivity index (χ2v) is 5.35. The Hall–Kier alpha value is -0.940. The van der Waals surface area contributed by atoms with Crippen molar-refractivity contribution in [2.24, 2.45) is 0 Å². The summed E-state index contributed by atoms with van der Waals surface area (Å²) in [7, 11) is 0. The molecular formula is C15H20F6. The third-order valence-electron chi connectivity index (χ3n) is 3.71. The van der Waals surface area contributed by atoms with Crippen LogP contribution in [0.15, 0.2) is 23.3 Å². The summed E-state index contributed by atoms with van der Waals surface area (Å²) in [5.74, 6) is -9.24. The molecule has 0 fully saturated rings. The van der Waals surface area contributed by atoms with E-state index in [1.165, 1.54) is 0 Å². The van der Waals surface area contributed by atoms with Crippen molar-refractivity contribution in [3.8, 4) is 0 Å². The van der Waals surface area contributed by atoms with Crippen LogP contribution in [0.5, 0.6) is 0 Å². The number of alkyl halides is 2. The standard InChI is InChI=1S/C15H20F6/c1-2-3-4-5-6-7-8-9-10(16)15(21)13(19)11(17)12(18)14(15)20/h10H,2-9H2,1H3. The number of allylic oxidation sites excluding steroid dienone is 4. The van der Waals surface area contributed by atoms with Crippen molar-refractivity contribution in [2.75, 3.05) is 0 Å². The molecule has 6 heteroatoms. The first-order valence-corrected chi connectivity index (χ1v) is 7.32. The lowest BCUT2D eigenvalue weighted by molar-refractivity contribution is 0.0686. The summed E-state index contributed by atoms with van der Waals surface area (Å²) in [5, 5.41) is 0. The van der Waals surface area contributed by atoms with Gasteiger partial charge in [0.25, 0.3) is 0 Å². The fourth-order valence-electron chi connectivity index (χ4n) is 2.36. The number of rotatable bonds is 9. The van der Waals surface area contributed by atoms with E-state index in [-0.39, 0.29) is 6.42 Å². The first kappa shape index (κ1) is 18.1. The molecule has 0 aliphatic heterocycles. The Kier molecular flexibility index (Phi) is 6.81. The molecule has 1 unspecified atom stereocenters. The number of hydrogen-bond donors (Lipinski definition) is 0. The maximum absolute atomic E-state index is 13.9. The van der Waals surface area contributed by atoms with E-state index in [4.69, 9.17) is 0 Å². The molecule has 0 aromatic heterocycles. The fourth-order valence-corrected chi connectivity index (χ4v) is 2.36. The lowest BCUT2D eigenvalue weighted by Gasteiger charge is -2.22. The van der Waals surface area contributed by atoms with Crippen LogP contribution < -0.4 is 0 Å². The van der Waals surface area contributed by atoms with Crippen molar-refractivity contribution in [3.63, 3.8) is 0 Å². The minimum absolute atomic E-state index is 0.211. The molecule has 0 saturated carbocycles. The third kappa shape index (κ3) is 3.83. The highest BCUT2D eigenvalue weighted by atomic mass is 19.2. The van der Waals surface area contributed by atoms with Gasteiger partial charge in [-0.3, -0.25) is 0 Å². The lowest BCUT2D eigenvalue weighted by Crippen LogP contribution is -2.35. The molecule has 0 heterocycles. The summed E-state index contributed by atoms with van der Waals surface area (Å²) in [6.45, 7) is 2.07. The summed E-state index contributed by atoms with van der Waals surface area (Å²) in [5.41, 5.74) is -3.93. The average molecular weight is 314 g/mol. The first-order chi connectivity index (χ1) is 9.87. The van der Waals surface area contributed by atoms with Gasteiger partial charge in [-0.15, -0.1) is 0 Å². The molecule has 0 aromatic rings. The van der Waals surface area contributed by atoms with Crippen LogP contribution in [0.4, 0.5) is 26.3 Å². The summed E-state index contributed by atoms with van der Waals surface area (Å²) in [4.78, 5) is 0. The van der Waals surface area contributed by atoms with Crippen LogP contribution in [0.1, 0.15) is 58.3 Å². The highest BCUT2D eigenvalue weighted by molar-refractivity contribution is 5.45. The Labute approximate surface area is 120 Å². The number of halogens is 6. The second-order valence-electron chi connectivity index (χ2n) is 5.35. The Morgan fingerprint density at radius 1 is 0.810 bits per heavy atom. The Bertz CT molecular complexity index is 388. The van der Waals surface area contributed by atoms with Crippen LogP contribution in [0, 0.1) is 0 Å². The predicted molar refractivity (Wildman–Crippen MR) is 69.8 cm³/mol. The van der Waals surface area contributed by atoms with Crippen molar-refractivity contribution in [2.45, 2.75) is 70.1 Å². The molecule has 21 heavy (non-hydrogen) atoms. The molecule has 1 atom stereocenters. The quantitative estimate of drug-likeness (QED) is 0.337. The van der Waals surface area contributed by atoms with Crippen LogP contribution in [-0.4, -0.2) is 11.8 Å². The normalized spacial score (nSPS) is 19.6. The van der Waals surface area contributed by atoms with Gasteiger partial charge in [0.15, 0.2) is 23.3 Å². The molecule has 0 N–H and O–H groups in total. The van der Waals surface area contributed by atoms with E-state index in [0.29, 0.717) is 6.42 Å². The molecule has 1 aliphatic carbocycles.